The van der Waals surface area contributed by atoms with Gasteiger partial charge in [0.2, 0.25) is 0 Å². The molecule has 8 nitrogen and oxygen atoms in total. The van der Waals surface area contributed by atoms with Crippen LogP contribution in [0.2, 0.25) is 0 Å². The highest BCUT2D eigenvalue weighted by molar-refractivity contribution is 5.97. The van der Waals surface area contributed by atoms with Crippen LogP contribution in [0.5, 0.6) is 0 Å². The molecule has 3 aromatic rings. The number of nitro groups is 1. The number of furan rings is 1. The van der Waals surface area contributed by atoms with Crippen molar-refractivity contribution in [2.75, 3.05) is 11.4 Å². The average molecular weight is 450 g/mol. The Balaban J connectivity index is 1.55. The lowest BCUT2D eigenvalue weighted by Crippen LogP contribution is -2.45. The van der Waals surface area contributed by atoms with E-state index in [0.29, 0.717) is 11.0 Å². The highest BCUT2D eigenvalue weighted by Crippen LogP contribution is 2.39. The molecule has 4 rings (SSSR count). The van der Waals surface area contributed by atoms with Crippen molar-refractivity contribution < 1.29 is 18.5 Å². The summed E-state index contributed by atoms with van der Waals surface area (Å²) < 4.78 is 20.3. The van der Waals surface area contributed by atoms with Gasteiger partial charge in [-0.25, -0.2) is 9.82 Å². The maximum absolute atomic E-state index is 14.8. The van der Waals surface area contributed by atoms with E-state index < -0.39 is 16.6 Å². The number of allylic oxidation sites excluding steroid dienone is 1. The van der Waals surface area contributed by atoms with Crippen LogP contribution in [-0.2, 0) is 0 Å². The van der Waals surface area contributed by atoms with Gasteiger partial charge in [0, 0.05) is 40.9 Å². The van der Waals surface area contributed by atoms with Crippen molar-refractivity contribution in [1.29, 1.82) is 0 Å². The molecule has 1 aliphatic rings. The summed E-state index contributed by atoms with van der Waals surface area (Å²) in [7, 11) is 0. The summed E-state index contributed by atoms with van der Waals surface area (Å²) in [6.07, 6.45) is 3.38. The number of carbonyl (C=O) groups is 1. The number of nitrogens with zero attached hydrogens (tertiary/aromatic N) is 3. The summed E-state index contributed by atoms with van der Waals surface area (Å²) in [5, 5.41) is 15.2. The topological polar surface area (TPSA) is 101 Å². The van der Waals surface area contributed by atoms with Crippen LogP contribution in [0.1, 0.15) is 49.4 Å². The van der Waals surface area contributed by atoms with Gasteiger partial charge in [-0.3, -0.25) is 14.9 Å². The monoisotopic (exact) mass is 450 g/mol. The molecule has 0 saturated carbocycles. The highest BCUT2D eigenvalue weighted by atomic mass is 19.1. The third-order valence-electron chi connectivity index (χ3n) is 5.72. The van der Waals surface area contributed by atoms with Gasteiger partial charge in [0.25, 0.3) is 5.69 Å². The fourth-order valence-electron chi connectivity index (χ4n) is 4.26. The molecule has 1 aliphatic heterocycles. The van der Waals surface area contributed by atoms with Crippen LogP contribution in [0.15, 0.2) is 52.0 Å². The summed E-state index contributed by atoms with van der Waals surface area (Å²) in [5.41, 5.74) is 5.30. The number of anilines is 1. The fourth-order valence-corrected chi connectivity index (χ4v) is 4.26. The van der Waals surface area contributed by atoms with Gasteiger partial charge in [-0.1, -0.05) is 6.08 Å². The van der Waals surface area contributed by atoms with Crippen LogP contribution in [0, 0.1) is 15.9 Å². The van der Waals surface area contributed by atoms with Gasteiger partial charge in [-0.05, 0) is 57.5 Å². The first-order valence-corrected chi connectivity index (χ1v) is 10.4. The summed E-state index contributed by atoms with van der Waals surface area (Å²) >= 11 is 0. The minimum absolute atomic E-state index is 0.0619. The lowest BCUT2D eigenvalue weighted by molar-refractivity contribution is -0.384. The second kappa shape index (κ2) is 8.16. The summed E-state index contributed by atoms with van der Waals surface area (Å²) in [4.78, 5) is 24.9. The zero-order valence-corrected chi connectivity index (χ0v) is 18.7. The number of amides is 1. The van der Waals surface area contributed by atoms with E-state index in [-0.39, 0.29) is 22.6 Å². The summed E-state index contributed by atoms with van der Waals surface area (Å²) in [5.74, 6) is -1.17. The maximum atomic E-state index is 14.8. The number of carbonyl (C=O) groups excluding carboxylic acids is 1. The first-order chi connectivity index (χ1) is 15.6. The number of non-ortho nitro benzene ring substituents is 1. The van der Waals surface area contributed by atoms with Crippen molar-refractivity contribution >= 4 is 40.0 Å². The Kier molecular flexibility index (Phi) is 5.49. The van der Waals surface area contributed by atoms with Crippen LogP contribution in [0.25, 0.3) is 16.5 Å². The molecule has 9 heteroatoms. The van der Waals surface area contributed by atoms with E-state index in [1.807, 2.05) is 13.8 Å². The van der Waals surface area contributed by atoms with Crippen molar-refractivity contribution in [3.8, 4) is 0 Å². The molecule has 0 fully saturated rings. The number of hydrazone groups is 1. The average Bonchev–Trinajstić information content (AvgIpc) is 3.17. The minimum atomic E-state index is -0.654. The van der Waals surface area contributed by atoms with Crippen LogP contribution in [-0.4, -0.2) is 29.1 Å². The highest BCUT2D eigenvalue weighted by Gasteiger charge is 2.31. The standard InChI is InChI=1S/C24H23FN4O4/c1-5-28-20-11-19(25)16(9-18(20)14(2)12-24(28,3)4)13-26-27-23(30)22-10-15-8-17(29(31)32)6-7-21(15)33-22/h6-13H,5H2,1-4H3,(H,27,30)/b26-13-. The Morgan fingerprint density at radius 1 is 1.30 bits per heavy atom. The molecular formula is C24H23FN4O4. The van der Waals surface area contributed by atoms with Crippen LogP contribution in [0.3, 0.4) is 0 Å². The Bertz CT molecular complexity index is 1340. The number of hydrogen-bond donors (Lipinski definition) is 1. The molecule has 0 atom stereocenters. The first kappa shape index (κ1) is 22.2. The maximum Gasteiger partial charge on any atom is 0.307 e. The molecule has 1 aromatic heterocycles. The molecule has 2 heterocycles. The molecule has 33 heavy (non-hydrogen) atoms. The Morgan fingerprint density at radius 3 is 2.76 bits per heavy atom. The Hall–Kier alpha value is -4.01. The van der Waals surface area contributed by atoms with E-state index >= 15 is 0 Å². The number of fused-ring (bicyclic) bond motifs is 2. The van der Waals surface area contributed by atoms with Gasteiger partial charge in [0.1, 0.15) is 11.4 Å². The smallest absolute Gasteiger partial charge is 0.307 e. The number of nitro benzene ring substituents is 1. The predicted molar refractivity (Wildman–Crippen MR) is 125 cm³/mol. The van der Waals surface area contributed by atoms with Crippen molar-refractivity contribution in [1.82, 2.24) is 5.43 Å². The molecule has 0 spiro atoms. The number of likely N-dealkylation sites (N-methyl/N-ethyl adjacent to an activating group) is 1. The van der Waals surface area contributed by atoms with Gasteiger partial charge in [-0.2, -0.15) is 5.10 Å². The number of hydrogen-bond acceptors (Lipinski definition) is 6. The molecule has 0 aliphatic carbocycles. The largest absolute Gasteiger partial charge is 0.451 e. The van der Waals surface area contributed by atoms with E-state index in [4.69, 9.17) is 4.42 Å². The van der Waals surface area contributed by atoms with Crippen LogP contribution >= 0.6 is 0 Å². The van der Waals surface area contributed by atoms with Gasteiger partial charge >= 0.3 is 5.91 Å². The Labute approximate surface area is 189 Å². The molecule has 0 bridgehead atoms. The third kappa shape index (κ3) is 4.09. The normalized spacial score (nSPS) is 14.9. The van der Waals surface area contributed by atoms with Crippen LogP contribution in [0.4, 0.5) is 15.8 Å². The Morgan fingerprint density at radius 2 is 2.06 bits per heavy atom. The summed E-state index contributed by atoms with van der Waals surface area (Å²) in [6.45, 7) is 8.91. The van der Waals surface area contributed by atoms with E-state index in [1.165, 1.54) is 36.5 Å². The molecule has 2 aromatic carbocycles. The SMILES string of the molecule is CCN1c2cc(F)c(/C=N\NC(=O)c3cc4cc([N+](=O)[O-])ccc4o3)cc2C(C)=CC1(C)C. The van der Waals surface area contributed by atoms with Crippen molar-refractivity contribution in [3.05, 3.63) is 75.3 Å². The molecule has 0 unspecified atom stereocenters. The van der Waals surface area contributed by atoms with Crippen molar-refractivity contribution in [2.45, 2.75) is 33.2 Å². The zero-order chi connectivity index (χ0) is 23.9. The second-order valence-corrected chi connectivity index (χ2v) is 8.41. The van der Waals surface area contributed by atoms with E-state index in [2.05, 4.69) is 35.4 Å². The number of rotatable bonds is 5. The third-order valence-corrected chi connectivity index (χ3v) is 5.72. The molecule has 1 amide bonds. The van der Waals surface area contributed by atoms with E-state index in [9.17, 15) is 19.3 Å². The first-order valence-electron chi connectivity index (χ1n) is 10.4. The second-order valence-electron chi connectivity index (χ2n) is 8.41. The lowest BCUT2D eigenvalue weighted by Gasteiger charge is -2.42. The lowest BCUT2D eigenvalue weighted by atomic mass is 9.88. The molecule has 1 N–H and O–H groups in total. The van der Waals surface area contributed by atoms with Gasteiger partial charge < -0.3 is 9.32 Å². The van der Waals surface area contributed by atoms with Gasteiger partial charge in [-0.15, -0.1) is 0 Å². The minimum Gasteiger partial charge on any atom is -0.451 e. The van der Waals surface area contributed by atoms with E-state index in [0.717, 1.165) is 23.4 Å². The number of benzene rings is 2. The van der Waals surface area contributed by atoms with Crippen LogP contribution < -0.4 is 10.3 Å². The summed E-state index contributed by atoms with van der Waals surface area (Å²) in [6, 6.07) is 8.63. The van der Waals surface area contributed by atoms with E-state index in [1.54, 1.807) is 6.07 Å². The molecule has 0 radical (unpaired) electrons. The van der Waals surface area contributed by atoms with Gasteiger partial charge in [0.15, 0.2) is 5.76 Å². The molecule has 170 valence electrons. The van der Waals surface area contributed by atoms with Gasteiger partial charge in [0.05, 0.1) is 16.7 Å². The molecule has 0 saturated heterocycles. The number of nitrogens with one attached hydrogen (secondary N) is 1. The number of halogens is 1. The quantitative estimate of drug-likeness (QED) is 0.324. The predicted octanol–water partition coefficient (Wildman–Crippen LogP) is 5.27. The molecular weight excluding hydrogens is 427 g/mol. The van der Waals surface area contributed by atoms with Crippen molar-refractivity contribution in [3.63, 3.8) is 0 Å². The fraction of sp³-hybridized carbons (Fsp3) is 0.250. The van der Waals surface area contributed by atoms with Crippen molar-refractivity contribution in [2.24, 2.45) is 5.10 Å². The zero-order valence-electron chi connectivity index (χ0n) is 18.7.